The van der Waals surface area contributed by atoms with Crippen LogP contribution in [0.15, 0.2) is 24.3 Å². The molecular weight excluding hydrogens is 228 g/mol. The number of nitrogens with two attached hydrogens (primary N) is 1. The minimum atomic E-state index is -3.59. The van der Waals surface area contributed by atoms with E-state index in [4.69, 9.17) is 11.1 Å². The lowest BCUT2D eigenvalue weighted by Gasteiger charge is -2.11. The van der Waals surface area contributed by atoms with Crippen molar-refractivity contribution in [1.82, 2.24) is 4.72 Å². The Balaban J connectivity index is 3.02. The van der Waals surface area contributed by atoms with Crippen LogP contribution < -0.4 is 15.2 Å². The van der Waals surface area contributed by atoms with E-state index >= 15 is 0 Å². The van der Waals surface area contributed by atoms with Crippen LogP contribution in [0.4, 0.5) is 5.69 Å². The summed E-state index contributed by atoms with van der Waals surface area (Å²) in [5.41, 5.74) is 5.97. The van der Waals surface area contributed by atoms with Gasteiger partial charge in [-0.1, -0.05) is 19.1 Å². The van der Waals surface area contributed by atoms with Gasteiger partial charge in [-0.3, -0.25) is 10.1 Å². The Hall–Kier alpha value is -1.60. The normalized spacial score (nSPS) is 11.1. The molecule has 5 N–H and O–H groups in total. The van der Waals surface area contributed by atoms with Gasteiger partial charge in [0.2, 0.25) is 0 Å². The molecule has 0 aliphatic rings. The second-order valence-corrected chi connectivity index (χ2v) is 4.56. The number of rotatable bonds is 5. The molecule has 1 aromatic carbocycles. The summed E-state index contributed by atoms with van der Waals surface area (Å²) in [6.07, 6.45) is 0. The van der Waals surface area contributed by atoms with E-state index in [1.165, 1.54) is 0 Å². The number of nitrogen functional groups attached to an aromatic ring is 1. The Bertz CT molecular complexity index is 484. The highest BCUT2D eigenvalue weighted by Gasteiger charge is 2.11. The van der Waals surface area contributed by atoms with Crippen molar-refractivity contribution in [2.75, 3.05) is 11.3 Å². The van der Waals surface area contributed by atoms with E-state index in [1.54, 1.807) is 31.2 Å². The van der Waals surface area contributed by atoms with E-state index in [0.717, 1.165) is 0 Å². The quantitative estimate of drug-likeness (QED) is 0.438. The third-order valence-electron chi connectivity index (χ3n) is 1.80. The van der Waals surface area contributed by atoms with Crippen LogP contribution in [0.3, 0.4) is 0 Å². The first-order chi connectivity index (χ1) is 7.46. The molecule has 0 aliphatic carbocycles. The van der Waals surface area contributed by atoms with Gasteiger partial charge in [0, 0.05) is 12.1 Å². The number of para-hydroxylation sites is 1. The Morgan fingerprint density at radius 1 is 1.44 bits per heavy atom. The average Bonchev–Trinajstić information content (AvgIpc) is 2.17. The number of nitrogens with one attached hydrogen (secondary N) is 3. The molecule has 0 aromatic heterocycles. The van der Waals surface area contributed by atoms with Crippen LogP contribution in [0.1, 0.15) is 12.5 Å². The fourth-order valence-electron chi connectivity index (χ4n) is 1.18. The number of anilines is 1. The van der Waals surface area contributed by atoms with Crippen molar-refractivity contribution in [3.8, 4) is 0 Å². The van der Waals surface area contributed by atoms with Crippen molar-refractivity contribution in [1.29, 1.82) is 5.41 Å². The van der Waals surface area contributed by atoms with E-state index < -0.39 is 10.2 Å². The highest BCUT2D eigenvalue weighted by atomic mass is 32.2. The zero-order valence-electron chi connectivity index (χ0n) is 8.82. The Labute approximate surface area is 94.5 Å². The van der Waals surface area contributed by atoms with Gasteiger partial charge in [-0.15, -0.1) is 0 Å². The molecule has 0 heterocycles. The lowest BCUT2D eigenvalue weighted by atomic mass is 10.2. The van der Waals surface area contributed by atoms with Gasteiger partial charge in [0.05, 0.1) is 5.69 Å². The highest BCUT2D eigenvalue weighted by molar-refractivity contribution is 7.90. The van der Waals surface area contributed by atoms with Crippen molar-refractivity contribution in [2.24, 2.45) is 5.73 Å². The predicted octanol–water partition coefficient (Wildman–Crippen LogP) is 0.237. The minimum Gasteiger partial charge on any atom is -0.384 e. The maximum absolute atomic E-state index is 11.4. The first-order valence-corrected chi connectivity index (χ1v) is 6.15. The second kappa shape index (κ2) is 4.95. The lowest BCUT2D eigenvalue weighted by molar-refractivity contribution is 0.589. The lowest BCUT2D eigenvalue weighted by Crippen LogP contribution is -2.30. The fourth-order valence-corrected chi connectivity index (χ4v) is 2.10. The predicted molar refractivity (Wildman–Crippen MR) is 63.7 cm³/mol. The number of hydrogen-bond acceptors (Lipinski definition) is 3. The van der Waals surface area contributed by atoms with E-state index in [1.807, 2.05) is 0 Å². The molecule has 0 unspecified atom stereocenters. The van der Waals surface area contributed by atoms with E-state index in [9.17, 15) is 8.42 Å². The van der Waals surface area contributed by atoms with Crippen LogP contribution in [0.2, 0.25) is 0 Å². The highest BCUT2D eigenvalue weighted by Crippen LogP contribution is 2.15. The first kappa shape index (κ1) is 12.5. The monoisotopic (exact) mass is 242 g/mol. The summed E-state index contributed by atoms with van der Waals surface area (Å²) in [6, 6.07) is 6.47. The summed E-state index contributed by atoms with van der Waals surface area (Å²) >= 11 is 0. The topological polar surface area (TPSA) is 108 Å². The summed E-state index contributed by atoms with van der Waals surface area (Å²) in [4.78, 5) is 0. The summed E-state index contributed by atoms with van der Waals surface area (Å²) in [5, 5.41) is 7.31. The molecule has 7 heteroatoms. The molecule has 1 aromatic rings. The summed E-state index contributed by atoms with van der Waals surface area (Å²) in [6.45, 7) is 1.97. The standard InChI is InChI=1S/C9H14N4O2S/c1-2-12-16(14,15)13-8-6-4-3-5-7(8)9(10)11/h3-6,12-13H,2H2,1H3,(H3,10,11). The molecule has 0 radical (unpaired) electrons. The van der Waals surface area contributed by atoms with Gasteiger partial charge in [0.25, 0.3) is 10.2 Å². The molecule has 0 aliphatic heterocycles. The van der Waals surface area contributed by atoms with E-state index in [-0.39, 0.29) is 18.1 Å². The van der Waals surface area contributed by atoms with Crippen LogP contribution in [-0.2, 0) is 10.2 Å². The molecule has 0 saturated heterocycles. The van der Waals surface area contributed by atoms with Gasteiger partial charge in [-0.2, -0.15) is 13.1 Å². The van der Waals surface area contributed by atoms with Crippen LogP contribution >= 0.6 is 0 Å². The fraction of sp³-hybridized carbons (Fsp3) is 0.222. The molecule has 16 heavy (non-hydrogen) atoms. The van der Waals surface area contributed by atoms with Crippen LogP contribution in [0, 0.1) is 5.41 Å². The molecule has 6 nitrogen and oxygen atoms in total. The summed E-state index contributed by atoms with van der Waals surface area (Å²) < 4.78 is 27.5. The van der Waals surface area contributed by atoms with Crippen molar-refractivity contribution >= 4 is 21.7 Å². The number of benzene rings is 1. The smallest absolute Gasteiger partial charge is 0.299 e. The van der Waals surface area contributed by atoms with Crippen LogP contribution in [0.25, 0.3) is 0 Å². The SMILES string of the molecule is CCNS(=O)(=O)Nc1ccccc1C(=N)N. The van der Waals surface area contributed by atoms with Gasteiger partial charge in [0.1, 0.15) is 5.84 Å². The van der Waals surface area contributed by atoms with Gasteiger partial charge in [-0.05, 0) is 12.1 Å². The zero-order chi connectivity index (χ0) is 12.2. The third kappa shape index (κ3) is 3.21. The van der Waals surface area contributed by atoms with E-state index in [2.05, 4.69) is 9.44 Å². The maximum Gasteiger partial charge on any atom is 0.299 e. The first-order valence-electron chi connectivity index (χ1n) is 4.67. The van der Waals surface area contributed by atoms with Crippen molar-refractivity contribution in [3.05, 3.63) is 29.8 Å². The minimum absolute atomic E-state index is 0.185. The zero-order valence-corrected chi connectivity index (χ0v) is 9.64. The molecule has 0 atom stereocenters. The van der Waals surface area contributed by atoms with Gasteiger partial charge < -0.3 is 5.73 Å². The molecule has 0 saturated carbocycles. The van der Waals surface area contributed by atoms with Gasteiger partial charge in [0.15, 0.2) is 0 Å². The van der Waals surface area contributed by atoms with Crippen molar-refractivity contribution in [3.63, 3.8) is 0 Å². The second-order valence-electron chi connectivity index (χ2n) is 3.06. The number of amidine groups is 1. The maximum atomic E-state index is 11.4. The number of hydrogen-bond donors (Lipinski definition) is 4. The summed E-state index contributed by atoms with van der Waals surface area (Å²) in [7, 11) is -3.59. The average molecular weight is 242 g/mol. The Morgan fingerprint density at radius 3 is 2.62 bits per heavy atom. The van der Waals surface area contributed by atoms with Crippen LogP contribution in [0.5, 0.6) is 0 Å². The third-order valence-corrected chi connectivity index (χ3v) is 2.95. The summed E-state index contributed by atoms with van der Waals surface area (Å²) in [5.74, 6) is -0.185. The molecule has 1 rings (SSSR count). The Morgan fingerprint density at radius 2 is 2.06 bits per heavy atom. The Kier molecular flexibility index (Phi) is 3.86. The molecule has 0 spiro atoms. The van der Waals surface area contributed by atoms with Crippen molar-refractivity contribution < 1.29 is 8.42 Å². The van der Waals surface area contributed by atoms with Crippen molar-refractivity contribution in [2.45, 2.75) is 6.92 Å². The van der Waals surface area contributed by atoms with Gasteiger partial charge >= 0.3 is 0 Å². The molecular formula is C9H14N4O2S. The van der Waals surface area contributed by atoms with Gasteiger partial charge in [-0.25, -0.2) is 0 Å². The van der Waals surface area contributed by atoms with Crippen LogP contribution in [-0.4, -0.2) is 20.8 Å². The largest absolute Gasteiger partial charge is 0.384 e. The van der Waals surface area contributed by atoms with E-state index in [0.29, 0.717) is 5.56 Å². The molecule has 0 fully saturated rings. The molecule has 0 bridgehead atoms. The molecule has 0 amide bonds. The molecule has 88 valence electrons.